The first-order valence-electron chi connectivity index (χ1n) is 7.08. The molecule has 3 rings (SSSR count). The van der Waals surface area contributed by atoms with Crippen LogP contribution in [0, 0.1) is 0 Å². The fourth-order valence-electron chi connectivity index (χ4n) is 2.66. The number of phenols is 2. The first kappa shape index (κ1) is 14.9. The number of phenolic OH excluding ortho intramolecular Hbond substituents is 2. The van der Waals surface area contributed by atoms with Crippen molar-refractivity contribution in [1.29, 1.82) is 0 Å². The zero-order chi connectivity index (χ0) is 15.7. The average molecular weight is 319 g/mol. The Hall–Kier alpha value is -2.05. The van der Waals surface area contributed by atoms with Gasteiger partial charge in [-0.1, -0.05) is 0 Å². The molecule has 5 nitrogen and oxygen atoms in total. The molecule has 0 saturated carbocycles. The molecule has 2 aromatic rings. The van der Waals surface area contributed by atoms with Crippen LogP contribution in [0.5, 0.6) is 11.5 Å². The molecule has 1 heterocycles. The number of nitrogens with one attached hydrogen (secondary N) is 1. The number of benzene rings is 2. The van der Waals surface area contributed by atoms with Crippen molar-refractivity contribution >= 4 is 9.84 Å². The summed E-state index contributed by atoms with van der Waals surface area (Å²) in [5, 5.41) is 22.7. The van der Waals surface area contributed by atoms with Crippen LogP contribution in [0.3, 0.4) is 0 Å². The van der Waals surface area contributed by atoms with Crippen molar-refractivity contribution in [2.45, 2.75) is 22.6 Å². The molecule has 0 aromatic heterocycles. The van der Waals surface area contributed by atoms with Gasteiger partial charge in [-0.15, -0.1) is 0 Å². The van der Waals surface area contributed by atoms with E-state index in [-0.39, 0.29) is 21.3 Å². The Bertz CT molecular complexity index is 798. The number of sulfone groups is 1. The average Bonchev–Trinajstić information content (AvgIpc) is 2.71. The highest BCUT2D eigenvalue weighted by molar-refractivity contribution is 7.91. The van der Waals surface area contributed by atoms with Gasteiger partial charge >= 0.3 is 0 Å². The summed E-state index contributed by atoms with van der Waals surface area (Å²) in [6.07, 6.45) is 1.50. The Morgan fingerprint density at radius 2 is 1.50 bits per heavy atom. The van der Waals surface area contributed by atoms with Gasteiger partial charge in [0.25, 0.3) is 0 Å². The van der Waals surface area contributed by atoms with E-state index < -0.39 is 9.84 Å². The third kappa shape index (κ3) is 2.67. The predicted molar refractivity (Wildman–Crippen MR) is 81.9 cm³/mol. The molecule has 1 aliphatic rings. The normalized spacial score (nSPS) is 15.1. The smallest absolute Gasteiger partial charge is 0.210 e. The Balaban J connectivity index is 2.11. The second kappa shape index (κ2) is 5.62. The number of rotatable bonds is 2. The Kier molecular flexibility index (Phi) is 3.80. The molecule has 0 unspecified atom stereocenters. The van der Waals surface area contributed by atoms with E-state index in [1.165, 1.54) is 24.3 Å². The van der Waals surface area contributed by atoms with Crippen LogP contribution < -0.4 is 5.32 Å². The maximum absolute atomic E-state index is 12.7. The summed E-state index contributed by atoms with van der Waals surface area (Å²) in [5.41, 5.74) is 1.92. The van der Waals surface area contributed by atoms with E-state index in [2.05, 4.69) is 5.32 Å². The molecule has 1 aliphatic heterocycles. The van der Waals surface area contributed by atoms with Gasteiger partial charge in [-0.3, -0.25) is 0 Å². The lowest BCUT2D eigenvalue weighted by Gasteiger charge is -2.12. The summed E-state index contributed by atoms with van der Waals surface area (Å²) in [4.78, 5) is -0.0360. The van der Waals surface area contributed by atoms with Crippen molar-refractivity contribution < 1.29 is 18.6 Å². The van der Waals surface area contributed by atoms with E-state index in [0.29, 0.717) is 0 Å². The van der Waals surface area contributed by atoms with Gasteiger partial charge in [0.05, 0.1) is 4.90 Å². The van der Waals surface area contributed by atoms with Crippen molar-refractivity contribution in [3.63, 3.8) is 0 Å². The highest BCUT2D eigenvalue weighted by Crippen LogP contribution is 2.32. The topological polar surface area (TPSA) is 86.6 Å². The fraction of sp³-hybridized carbons (Fsp3) is 0.250. The summed E-state index contributed by atoms with van der Waals surface area (Å²) in [7, 11) is -3.81. The lowest BCUT2D eigenvalue weighted by molar-refractivity contribution is 0.457. The molecule has 116 valence electrons. The molecule has 3 N–H and O–H groups in total. The molecule has 0 spiro atoms. The van der Waals surface area contributed by atoms with Gasteiger partial charge in [0.2, 0.25) is 9.84 Å². The number of aromatic hydroxyl groups is 2. The standard InChI is InChI=1S/C16H17NO4S/c18-13-1-3-14(4-2-13)22(20,21)16-10-12-6-8-17-7-5-11(12)9-15(16)19/h1-4,9-10,17-19H,5-8H2. The van der Waals surface area contributed by atoms with Gasteiger partial charge in [0.15, 0.2) is 0 Å². The zero-order valence-corrected chi connectivity index (χ0v) is 12.7. The molecule has 22 heavy (non-hydrogen) atoms. The molecule has 6 heteroatoms. The minimum absolute atomic E-state index is 0.00354. The Morgan fingerprint density at radius 3 is 2.14 bits per heavy atom. The van der Waals surface area contributed by atoms with Crippen LogP contribution in [0.25, 0.3) is 0 Å². The molecular weight excluding hydrogens is 302 g/mol. The second-order valence-electron chi connectivity index (χ2n) is 5.34. The Labute approximate surface area is 129 Å². The minimum Gasteiger partial charge on any atom is -0.508 e. The number of fused-ring (bicyclic) bond motifs is 1. The van der Waals surface area contributed by atoms with E-state index >= 15 is 0 Å². The van der Waals surface area contributed by atoms with Crippen LogP contribution in [0.15, 0.2) is 46.2 Å². The predicted octanol–water partition coefficient (Wildman–Crippen LogP) is 1.62. The summed E-state index contributed by atoms with van der Waals surface area (Å²) < 4.78 is 25.4. The van der Waals surface area contributed by atoms with Gasteiger partial charge in [0.1, 0.15) is 16.4 Å². The SMILES string of the molecule is O=S(=O)(c1ccc(O)cc1)c1cc2c(cc1O)CCNCC2. The molecule has 0 aliphatic carbocycles. The van der Waals surface area contributed by atoms with Crippen molar-refractivity contribution in [3.05, 3.63) is 47.5 Å². The van der Waals surface area contributed by atoms with Crippen molar-refractivity contribution in [2.24, 2.45) is 0 Å². The van der Waals surface area contributed by atoms with Crippen molar-refractivity contribution in [1.82, 2.24) is 5.32 Å². The highest BCUT2D eigenvalue weighted by atomic mass is 32.2. The molecular formula is C16H17NO4S. The summed E-state index contributed by atoms with van der Waals surface area (Å²) in [6.45, 7) is 1.60. The van der Waals surface area contributed by atoms with Gasteiger partial charge < -0.3 is 15.5 Å². The number of hydrogen-bond donors (Lipinski definition) is 3. The monoisotopic (exact) mass is 319 g/mol. The van der Waals surface area contributed by atoms with Crippen molar-refractivity contribution in [2.75, 3.05) is 13.1 Å². The maximum atomic E-state index is 12.7. The van der Waals surface area contributed by atoms with E-state index in [9.17, 15) is 18.6 Å². The molecule has 0 saturated heterocycles. The highest BCUT2D eigenvalue weighted by Gasteiger charge is 2.24. The van der Waals surface area contributed by atoms with Crippen LogP contribution in [-0.4, -0.2) is 31.7 Å². The van der Waals surface area contributed by atoms with Gasteiger partial charge in [-0.2, -0.15) is 0 Å². The van der Waals surface area contributed by atoms with Crippen molar-refractivity contribution in [3.8, 4) is 11.5 Å². The van der Waals surface area contributed by atoms with Gasteiger partial charge in [-0.25, -0.2) is 8.42 Å². The van der Waals surface area contributed by atoms with Crippen LogP contribution in [0.1, 0.15) is 11.1 Å². The second-order valence-corrected chi connectivity index (χ2v) is 7.25. The lowest BCUT2D eigenvalue weighted by Crippen LogP contribution is -2.16. The molecule has 0 radical (unpaired) electrons. The molecule has 0 bridgehead atoms. The molecule has 0 fully saturated rings. The Morgan fingerprint density at radius 1 is 0.909 bits per heavy atom. The summed E-state index contributed by atoms with van der Waals surface area (Å²) in [6, 6.07) is 8.42. The third-order valence-electron chi connectivity index (χ3n) is 3.86. The van der Waals surface area contributed by atoms with Gasteiger partial charge in [-0.05, 0) is 73.5 Å². The molecule has 0 amide bonds. The third-order valence-corrected chi connectivity index (χ3v) is 5.66. The first-order chi connectivity index (χ1) is 10.5. The van der Waals surface area contributed by atoms with E-state index in [1.807, 2.05) is 0 Å². The maximum Gasteiger partial charge on any atom is 0.210 e. The van der Waals surface area contributed by atoms with E-state index in [4.69, 9.17) is 0 Å². The first-order valence-corrected chi connectivity index (χ1v) is 8.56. The summed E-state index contributed by atoms with van der Waals surface area (Å²) in [5.74, 6) is -0.232. The lowest BCUT2D eigenvalue weighted by atomic mass is 10.0. The quantitative estimate of drug-likeness (QED) is 0.783. The largest absolute Gasteiger partial charge is 0.508 e. The van der Waals surface area contributed by atoms with Gasteiger partial charge in [0, 0.05) is 0 Å². The van der Waals surface area contributed by atoms with E-state index in [0.717, 1.165) is 37.1 Å². The minimum atomic E-state index is -3.81. The number of hydrogen-bond acceptors (Lipinski definition) is 5. The zero-order valence-electron chi connectivity index (χ0n) is 11.9. The molecule has 2 aromatic carbocycles. The summed E-state index contributed by atoms with van der Waals surface area (Å²) >= 11 is 0. The van der Waals surface area contributed by atoms with E-state index in [1.54, 1.807) is 12.1 Å². The van der Waals surface area contributed by atoms with Crippen LogP contribution >= 0.6 is 0 Å². The van der Waals surface area contributed by atoms with Crippen LogP contribution in [0.2, 0.25) is 0 Å². The molecule has 0 atom stereocenters. The van der Waals surface area contributed by atoms with Crippen LogP contribution in [-0.2, 0) is 22.7 Å². The fourth-order valence-corrected chi connectivity index (χ4v) is 4.04. The van der Waals surface area contributed by atoms with Crippen LogP contribution in [0.4, 0.5) is 0 Å².